The number of rotatable bonds is 3. The molecular weight excluding hydrogens is 305 g/mol. The van der Waals surface area contributed by atoms with E-state index in [-0.39, 0.29) is 12.5 Å². The number of alkyl halides is 3. The fraction of sp³-hybridized carbons (Fsp3) is 0.118. The number of fused-ring (bicyclic) bond motifs is 1. The molecule has 0 aliphatic rings. The predicted molar refractivity (Wildman–Crippen MR) is 82.0 cm³/mol. The van der Waals surface area contributed by atoms with Crippen LogP contribution in [0.15, 0.2) is 60.8 Å². The standard InChI is InChI=1S/C17H13F3N2O/c18-17(19,20)13-5-7-14(8-6-13)21-16(23)11-22-10-9-12-3-1-2-4-15(12)22/h1-10H,11H2,(H,21,23). The van der Waals surface area contributed by atoms with Gasteiger partial charge < -0.3 is 9.88 Å². The summed E-state index contributed by atoms with van der Waals surface area (Å²) in [5.41, 5.74) is 0.515. The lowest BCUT2D eigenvalue weighted by molar-refractivity contribution is -0.137. The van der Waals surface area contributed by atoms with Crippen molar-refractivity contribution in [1.29, 1.82) is 0 Å². The first-order valence-corrected chi connectivity index (χ1v) is 6.94. The van der Waals surface area contributed by atoms with E-state index in [9.17, 15) is 18.0 Å². The Balaban J connectivity index is 1.70. The number of amides is 1. The molecule has 3 aromatic rings. The monoisotopic (exact) mass is 318 g/mol. The van der Waals surface area contributed by atoms with Gasteiger partial charge in [0.25, 0.3) is 0 Å². The predicted octanol–water partition coefficient (Wildman–Crippen LogP) is 4.30. The van der Waals surface area contributed by atoms with Gasteiger partial charge in [0.15, 0.2) is 0 Å². The van der Waals surface area contributed by atoms with Gasteiger partial charge in [-0.1, -0.05) is 18.2 Å². The fourth-order valence-corrected chi connectivity index (χ4v) is 2.38. The Bertz CT molecular complexity index is 835. The summed E-state index contributed by atoms with van der Waals surface area (Å²) in [6.45, 7) is 0.0918. The zero-order chi connectivity index (χ0) is 16.4. The molecule has 0 aliphatic heterocycles. The van der Waals surface area contributed by atoms with Crippen molar-refractivity contribution >= 4 is 22.5 Å². The van der Waals surface area contributed by atoms with Crippen LogP contribution in [0.5, 0.6) is 0 Å². The van der Waals surface area contributed by atoms with Crippen molar-refractivity contribution in [2.75, 3.05) is 5.32 Å². The molecule has 0 aliphatic carbocycles. The van der Waals surface area contributed by atoms with E-state index in [0.717, 1.165) is 23.0 Å². The molecule has 0 unspecified atom stereocenters. The molecule has 2 aromatic carbocycles. The van der Waals surface area contributed by atoms with Gasteiger partial charge in [-0.2, -0.15) is 13.2 Å². The highest BCUT2D eigenvalue weighted by atomic mass is 19.4. The number of carbonyl (C=O) groups is 1. The van der Waals surface area contributed by atoms with Crippen LogP contribution >= 0.6 is 0 Å². The number of carbonyl (C=O) groups excluding carboxylic acids is 1. The first-order valence-electron chi connectivity index (χ1n) is 6.94. The number of nitrogens with zero attached hydrogens (tertiary/aromatic N) is 1. The van der Waals surface area contributed by atoms with Crippen molar-refractivity contribution in [3.05, 3.63) is 66.4 Å². The van der Waals surface area contributed by atoms with Crippen LogP contribution in [-0.4, -0.2) is 10.5 Å². The summed E-state index contributed by atoms with van der Waals surface area (Å²) in [5.74, 6) is -0.300. The topological polar surface area (TPSA) is 34.0 Å². The van der Waals surface area contributed by atoms with Crippen molar-refractivity contribution in [3.63, 3.8) is 0 Å². The van der Waals surface area contributed by atoms with Gasteiger partial charge >= 0.3 is 6.18 Å². The third-order valence-electron chi connectivity index (χ3n) is 3.49. The minimum Gasteiger partial charge on any atom is -0.338 e. The molecule has 6 heteroatoms. The van der Waals surface area contributed by atoms with Gasteiger partial charge in [0.2, 0.25) is 5.91 Å². The van der Waals surface area contributed by atoms with Crippen molar-refractivity contribution < 1.29 is 18.0 Å². The zero-order valence-corrected chi connectivity index (χ0v) is 12.0. The van der Waals surface area contributed by atoms with Gasteiger partial charge in [0.05, 0.1) is 5.56 Å². The van der Waals surface area contributed by atoms with Gasteiger partial charge in [-0.15, -0.1) is 0 Å². The average molecular weight is 318 g/mol. The fourth-order valence-electron chi connectivity index (χ4n) is 2.38. The number of nitrogens with one attached hydrogen (secondary N) is 1. The molecule has 118 valence electrons. The number of hydrogen-bond donors (Lipinski definition) is 1. The Morgan fingerprint density at radius 3 is 2.39 bits per heavy atom. The number of para-hydroxylation sites is 1. The van der Waals surface area contributed by atoms with Gasteiger partial charge in [0, 0.05) is 17.4 Å². The smallest absolute Gasteiger partial charge is 0.338 e. The Labute approximate surface area is 130 Å². The summed E-state index contributed by atoms with van der Waals surface area (Å²) >= 11 is 0. The van der Waals surface area contributed by atoms with Gasteiger partial charge in [-0.3, -0.25) is 4.79 Å². The zero-order valence-electron chi connectivity index (χ0n) is 12.0. The summed E-state index contributed by atoms with van der Waals surface area (Å²) in [6.07, 6.45) is -2.58. The van der Waals surface area contributed by atoms with E-state index in [1.165, 1.54) is 12.1 Å². The molecular formula is C17H13F3N2O. The van der Waals surface area contributed by atoms with E-state index in [0.29, 0.717) is 5.69 Å². The minimum atomic E-state index is -4.38. The van der Waals surface area contributed by atoms with Crippen molar-refractivity contribution in [2.45, 2.75) is 12.7 Å². The average Bonchev–Trinajstić information content (AvgIpc) is 2.90. The Morgan fingerprint density at radius 2 is 1.70 bits per heavy atom. The van der Waals surface area contributed by atoms with E-state index < -0.39 is 11.7 Å². The first-order chi connectivity index (χ1) is 10.9. The van der Waals surface area contributed by atoms with Gasteiger partial charge in [0.1, 0.15) is 6.54 Å². The third kappa shape index (κ3) is 3.36. The Kier molecular flexibility index (Phi) is 3.82. The highest BCUT2D eigenvalue weighted by molar-refractivity contribution is 5.92. The van der Waals surface area contributed by atoms with Crippen LogP contribution in [-0.2, 0) is 17.5 Å². The van der Waals surface area contributed by atoms with Crippen LogP contribution in [0.3, 0.4) is 0 Å². The lowest BCUT2D eigenvalue weighted by Crippen LogP contribution is -2.18. The molecule has 1 amide bonds. The number of hydrogen-bond acceptors (Lipinski definition) is 1. The first kappa shape index (κ1) is 15.1. The minimum absolute atomic E-state index is 0.0918. The molecule has 0 fully saturated rings. The molecule has 1 heterocycles. The normalized spacial score (nSPS) is 11.6. The molecule has 1 aromatic heterocycles. The molecule has 0 spiro atoms. The molecule has 3 nitrogen and oxygen atoms in total. The van der Waals surface area contributed by atoms with Crippen molar-refractivity contribution in [3.8, 4) is 0 Å². The van der Waals surface area contributed by atoms with Gasteiger partial charge in [-0.05, 0) is 41.8 Å². The second kappa shape index (κ2) is 5.79. The summed E-state index contributed by atoms with van der Waals surface area (Å²) in [7, 11) is 0. The third-order valence-corrected chi connectivity index (χ3v) is 3.49. The SMILES string of the molecule is O=C(Cn1ccc2ccccc21)Nc1ccc(C(F)(F)F)cc1. The molecule has 0 radical (unpaired) electrons. The molecule has 3 rings (SSSR count). The summed E-state index contributed by atoms with van der Waals surface area (Å²) in [6, 6.07) is 13.9. The summed E-state index contributed by atoms with van der Waals surface area (Å²) in [4.78, 5) is 12.1. The summed E-state index contributed by atoms with van der Waals surface area (Å²) in [5, 5.41) is 3.62. The van der Waals surface area contributed by atoms with E-state index in [1.54, 1.807) is 10.8 Å². The maximum atomic E-state index is 12.5. The van der Waals surface area contributed by atoms with Crippen LogP contribution in [0, 0.1) is 0 Å². The van der Waals surface area contributed by atoms with Crippen LogP contribution in [0.2, 0.25) is 0 Å². The molecule has 0 bridgehead atoms. The number of aromatic nitrogens is 1. The lowest BCUT2D eigenvalue weighted by atomic mass is 10.2. The Hall–Kier alpha value is -2.76. The van der Waals surface area contributed by atoms with Crippen molar-refractivity contribution in [2.24, 2.45) is 0 Å². The summed E-state index contributed by atoms with van der Waals surface area (Å²) < 4.78 is 39.3. The van der Waals surface area contributed by atoms with Crippen molar-refractivity contribution in [1.82, 2.24) is 4.57 Å². The number of benzene rings is 2. The molecule has 0 saturated carbocycles. The lowest BCUT2D eigenvalue weighted by Gasteiger charge is -2.09. The van der Waals surface area contributed by atoms with Crippen LogP contribution in [0.1, 0.15) is 5.56 Å². The van der Waals surface area contributed by atoms with E-state index >= 15 is 0 Å². The van der Waals surface area contributed by atoms with Gasteiger partial charge in [-0.25, -0.2) is 0 Å². The maximum absolute atomic E-state index is 12.5. The number of halogens is 3. The highest BCUT2D eigenvalue weighted by Crippen LogP contribution is 2.29. The largest absolute Gasteiger partial charge is 0.416 e. The highest BCUT2D eigenvalue weighted by Gasteiger charge is 2.29. The van der Waals surface area contributed by atoms with Crippen LogP contribution < -0.4 is 5.32 Å². The quantitative estimate of drug-likeness (QED) is 0.767. The second-order valence-electron chi connectivity index (χ2n) is 5.13. The second-order valence-corrected chi connectivity index (χ2v) is 5.13. The Morgan fingerprint density at radius 1 is 1.00 bits per heavy atom. The molecule has 0 saturated heterocycles. The maximum Gasteiger partial charge on any atom is 0.416 e. The van der Waals surface area contributed by atoms with E-state index in [4.69, 9.17) is 0 Å². The molecule has 0 atom stereocenters. The van der Waals surface area contributed by atoms with Crippen LogP contribution in [0.25, 0.3) is 10.9 Å². The van der Waals surface area contributed by atoms with Crippen LogP contribution in [0.4, 0.5) is 18.9 Å². The van der Waals surface area contributed by atoms with E-state index in [2.05, 4.69) is 5.32 Å². The molecule has 23 heavy (non-hydrogen) atoms. The van der Waals surface area contributed by atoms with E-state index in [1.807, 2.05) is 30.3 Å². The number of anilines is 1. The molecule has 1 N–H and O–H groups in total.